The van der Waals surface area contributed by atoms with Gasteiger partial charge in [0.05, 0.1) is 0 Å². The highest BCUT2D eigenvalue weighted by Crippen LogP contribution is 2.19. The third kappa shape index (κ3) is 3.67. The SMILES string of the molecule is c1ccc(N2CCN(C3CN(CCN4CCCC4)C3)CC2)nc1. The molecule has 0 radical (unpaired) electrons. The number of anilines is 1. The van der Waals surface area contributed by atoms with Crippen LogP contribution in [0.1, 0.15) is 12.8 Å². The predicted octanol–water partition coefficient (Wildman–Crippen LogP) is 0.984. The standard InChI is InChI=1S/C18H29N5/c1-2-6-19-18(5-1)23-13-11-22(12-14-23)17-15-21(16-17)10-9-20-7-3-4-8-20/h1-2,5-6,17H,3-4,7-16H2. The Bertz CT molecular complexity index is 473. The molecule has 5 nitrogen and oxygen atoms in total. The van der Waals surface area contributed by atoms with Gasteiger partial charge in [0.15, 0.2) is 0 Å². The molecule has 1 aromatic rings. The Balaban J connectivity index is 1.16. The number of aromatic nitrogens is 1. The van der Waals surface area contributed by atoms with Crippen molar-refractivity contribution in [3.05, 3.63) is 24.4 Å². The van der Waals surface area contributed by atoms with Crippen LogP contribution in [0, 0.1) is 0 Å². The lowest BCUT2D eigenvalue weighted by atomic mass is 10.1. The van der Waals surface area contributed by atoms with E-state index in [1.54, 1.807) is 0 Å². The van der Waals surface area contributed by atoms with Gasteiger partial charge >= 0.3 is 0 Å². The average Bonchev–Trinajstić information content (AvgIpc) is 3.08. The van der Waals surface area contributed by atoms with Gasteiger partial charge in [0, 0.05) is 64.6 Å². The van der Waals surface area contributed by atoms with E-state index in [1.165, 1.54) is 65.2 Å². The highest BCUT2D eigenvalue weighted by atomic mass is 15.4. The number of hydrogen-bond donors (Lipinski definition) is 0. The lowest BCUT2D eigenvalue weighted by Gasteiger charge is -2.48. The minimum Gasteiger partial charge on any atom is -0.354 e. The van der Waals surface area contributed by atoms with Crippen molar-refractivity contribution in [2.24, 2.45) is 0 Å². The van der Waals surface area contributed by atoms with Crippen LogP contribution in [0.4, 0.5) is 5.82 Å². The number of piperazine rings is 1. The summed E-state index contributed by atoms with van der Waals surface area (Å²) in [5.41, 5.74) is 0. The molecule has 0 amide bonds. The van der Waals surface area contributed by atoms with Crippen molar-refractivity contribution < 1.29 is 0 Å². The van der Waals surface area contributed by atoms with E-state index in [1.807, 2.05) is 12.3 Å². The van der Waals surface area contributed by atoms with E-state index in [2.05, 4.69) is 36.7 Å². The van der Waals surface area contributed by atoms with Gasteiger partial charge in [-0.3, -0.25) is 9.80 Å². The van der Waals surface area contributed by atoms with Crippen LogP contribution in [0.25, 0.3) is 0 Å². The van der Waals surface area contributed by atoms with Crippen LogP contribution in [-0.4, -0.2) is 91.2 Å². The maximum atomic E-state index is 4.48. The first-order chi connectivity index (χ1) is 11.4. The molecular weight excluding hydrogens is 286 g/mol. The molecular formula is C18H29N5. The summed E-state index contributed by atoms with van der Waals surface area (Å²) in [7, 11) is 0. The van der Waals surface area contributed by atoms with E-state index in [0.29, 0.717) is 0 Å². The zero-order chi connectivity index (χ0) is 15.5. The molecule has 3 fully saturated rings. The van der Waals surface area contributed by atoms with E-state index in [4.69, 9.17) is 0 Å². The molecule has 3 saturated heterocycles. The Morgan fingerprint density at radius 2 is 1.61 bits per heavy atom. The third-order valence-electron chi connectivity index (χ3n) is 5.67. The first kappa shape index (κ1) is 15.4. The molecule has 0 aliphatic carbocycles. The highest BCUT2D eigenvalue weighted by Gasteiger charge is 2.33. The third-order valence-corrected chi connectivity index (χ3v) is 5.67. The minimum absolute atomic E-state index is 0.791. The largest absolute Gasteiger partial charge is 0.354 e. The number of rotatable bonds is 5. The van der Waals surface area contributed by atoms with E-state index in [9.17, 15) is 0 Å². The molecule has 0 unspecified atom stereocenters. The summed E-state index contributed by atoms with van der Waals surface area (Å²) in [5.74, 6) is 1.13. The van der Waals surface area contributed by atoms with Gasteiger partial charge in [0.25, 0.3) is 0 Å². The van der Waals surface area contributed by atoms with E-state index < -0.39 is 0 Å². The van der Waals surface area contributed by atoms with Crippen molar-refractivity contribution in [3.8, 4) is 0 Å². The first-order valence-electron chi connectivity index (χ1n) is 9.23. The van der Waals surface area contributed by atoms with Crippen molar-refractivity contribution in [2.45, 2.75) is 18.9 Å². The summed E-state index contributed by atoms with van der Waals surface area (Å²) in [5, 5.41) is 0. The highest BCUT2D eigenvalue weighted by molar-refractivity contribution is 5.38. The van der Waals surface area contributed by atoms with Crippen molar-refractivity contribution in [2.75, 3.05) is 70.3 Å². The number of nitrogens with zero attached hydrogens (tertiary/aromatic N) is 5. The Morgan fingerprint density at radius 3 is 2.30 bits per heavy atom. The fourth-order valence-corrected chi connectivity index (χ4v) is 4.10. The van der Waals surface area contributed by atoms with Crippen LogP contribution >= 0.6 is 0 Å². The first-order valence-corrected chi connectivity index (χ1v) is 9.23. The van der Waals surface area contributed by atoms with Crippen LogP contribution in [0.5, 0.6) is 0 Å². The van der Waals surface area contributed by atoms with Gasteiger partial charge in [-0.1, -0.05) is 6.07 Å². The van der Waals surface area contributed by atoms with Gasteiger partial charge < -0.3 is 9.80 Å². The second kappa shape index (κ2) is 7.16. The molecule has 3 aliphatic rings. The zero-order valence-electron chi connectivity index (χ0n) is 14.1. The molecule has 4 heterocycles. The Kier molecular flexibility index (Phi) is 4.78. The van der Waals surface area contributed by atoms with Crippen LogP contribution in [-0.2, 0) is 0 Å². The maximum Gasteiger partial charge on any atom is 0.128 e. The quantitative estimate of drug-likeness (QED) is 0.807. The second-order valence-electron chi connectivity index (χ2n) is 7.17. The fourth-order valence-electron chi connectivity index (χ4n) is 4.10. The maximum absolute atomic E-state index is 4.48. The summed E-state index contributed by atoms with van der Waals surface area (Å²) < 4.78 is 0. The van der Waals surface area contributed by atoms with Gasteiger partial charge in [-0.05, 0) is 38.1 Å². The summed E-state index contributed by atoms with van der Waals surface area (Å²) in [6.45, 7) is 12.3. The van der Waals surface area contributed by atoms with Gasteiger partial charge in [-0.15, -0.1) is 0 Å². The van der Waals surface area contributed by atoms with E-state index in [0.717, 1.165) is 24.9 Å². The molecule has 126 valence electrons. The molecule has 0 N–H and O–H groups in total. The Hall–Kier alpha value is -1.17. The lowest BCUT2D eigenvalue weighted by molar-refractivity contribution is 0.0262. The zero-order valence-corrected chi connectivity index (χ0v) is 14.1. The van der Waals surface area contributed by atoms with Crippen LogP contribution in [0.3, 0.4) is 0 Å². The van der Waals surface area contributed by atoms with Crippen molar-refractivity contribution >= 4 is 5.82 Å². The topological polar surface area (TPSA) is 25.9 Å². The van der Waals surface area contributed by atoms with E-state index >= 15 is 0 Å². The molecule has 0 spiro atoms. The van der Waals surface area contributed by atoms with Crippen LogP contribution < -0.4 is 4.90 Å². The summed E-state index contributed by atoms with van der Waals surface area (Å²) in [6, 6.07) is 6.99. The monoisotopic (exact) mass is 315 g/mol. The van der Waals surface area contributed by atoms with Crippen LogP contribution in [0.2, 0.25) is 0 Å². The summed E-state index contributed by atoms with van der Waals surface area (Å²) in [4.78, 5) is 14.8. The fraction of sp³-hybridized carbons (Fsp3) is 0.722. The summed E-state index contributed by atoms with van der Waals surface area (Å²) in [6.07, 6.45) is 4.71. The lowest BCUT2D eigenvalue weighted by Crippen LogP contribution is -2.63. The molecule has 5 heteroatoms. The van der Waals surface area contributed by atoms with Crippen molar-refractivity contribution in [1.82, 2.24) is 19.7 Å². The predicted molar refractivity (Wildman–Crippen MR) is 93.9 cm³/mol. The van der Waals surface area contributed by atoms with Crippen molar-refractivity contribution in [3.63, 3.8) is 0 Å². The molecule has 0 bridgehead atoms. The minimum atomic E-state index is 0.791. The molecule has 4 rings (SSSR count). The molecule has 1 aromatic heterocycles. The smallest absolute Gasteiger partial charge is 0.128 e. The molecule has 23 heavy (non-hydrogen) atoms. The normalized spacial score (nSPS) is 25.0. The van der Waals surface area contributed by atoms with Crippen molar-refractivity contribution in [1.29, 1.82) is 0 Å². The van der Waals surface area contributed by atoms with Crippen LogP contribution in [0.15, 0.2) is 24.4 Å². The molecule has 0 atom stereocenters. The van der Waals surface area contributed by atoms with Gasteiger partial charge in [0.2, 0.25) is 0 Å². The average molecular weight is 315 g/mol. The number of hydrogen-bond acceptors (Lipinski definition) is 5. The molecule has 0 saturated carbocycles. The Labute approximate surface area is 139 Å². The van der Waals surface area contributed by atoms with Gasteiger partial charge in [-0.25, -0.2) is 4.98 Å². The Morgan fingerprint density at radius 1 is 0.870 bits per heavy atom. The molecule has 0 aromatic carbocycles. The van der Waals surface area contributed by atoms with Gasteiger partial charge in [-0.2, -0.15) is 0 Å². The summed E-state index contributed by atoms with van der Waals surface area (Å²) >= 11 is 0. The number of pyridine rings is 1. The van der Waals surface area contributed by atoms with Gasteiger partial charge in [0.1, 0.15) is 5.82 Å². The molecule has 3 aliphatic heterocycles. The second-order valence-corrected chi connectivity index (χ2v) is 7.17. The number of likely N-dealkylation sites (tertiary alicyclic amines) is 2. The van der Waals surface area contributed by atoms with E-state index in [-0.39, 0.29) is 0 Å².